The molecule has 0 aliphatic carbocycles. The van der Waals surface area contributed by atoms with Gasteiger partial charge in [0.05, 0.1) is 19.8 Å². The maximum absolute atomic E-state index is 14.3. The summed E-state index contributed by atoms with van der Waals surface area (Å²) in [6, 6.07) is 3.08. The van der Waals surface area contributed by atoms with Crippen molar-refractivity contribution >= 4 is 5.78 Å². The molecule has 4 nitrogen and oxygen atoms in total. The highest BCUT2D eigenvalue weighted by molar-refractivity contribution is 5.99. The maximum Gasteiger partial charge on any atom is 0.176 e. The Balaban J connectivity index is 2.57. The number of Topliss-reactive ketones (excluding diaryl/α,β-unsaturated/α-hetero) is 1. The van der Waals surface area contributed by atoms with Crippen molar-refractivity contribution in [1.82, 2.24) is 0 Å². The van der Waals surface area contributed by atoms with Gasteiger partial charge in [0.15, 0.2) is 17.3 Å². The van der Waals surface area contributed by atoms with Gasteiger partial charge in [-0.15, -0.1) is 0 Å². The first-order chi connectivity index (χ1) is 8.93. The number of nitrogens with two attached hydrogens (primary N) is 1. The highest BCUT2D eigenvalue weighted by atomic mass is 19.1. The van der Waals surface area contributed by atoms with Crippen molar-refractivity contribution < 1.29 is 18.7 Å². The van der Waals surface area contributed by atoms with Crippen LogP contribution in [0.15, 0.2) is 12.1 Å². The summed E-state index contributed by atoms with van der Waals surface area (Å²) < 4.78 is 25.3. The molecule has 0 amide bonds. The molecular formula is C14H18FNO3. The molecule has 0 spiro atoms. The van der Waals surface area contributed by atoms with Crippen LogP contribution in [0, 0.1) is 0 Å². The largest absolute Gasteiger partial charge is 0.490 e. The number of alkyl halides is 1. The van der Waals surface area contributed by atoms with Crippen molar-refractivity contribution in [2.75, 3.05) is 19.8 Å². The van der Waals surface area contributed by atoms with E-state index in [1.54, 1.807) is 6.07 Å². The van der Waals surface area contributed by atoms with E-state index < -0.39 is 5.67 Å². The molecule has 0 aromatic heterocycles. The topological polar surface area (TPSA) is 61.6 Å². The minimum atomic E-state index is -1.65. The third-order valence-electron chi connectivity index (χ3n) is 3.01. The number of halogens is 1. The highest BCUT2D eigenvalue weighted by Crippen LogP contribution is 2.38. The number of benzene rings is 1. The van der Waals surface area contributed by atoms with Gasteiger partial charge >= 0.3 is 0 Å². The molecule has 1 aliphatic heterocycles. The molecule has 5 heteroatoms. The van der Waals surface area contributed by atoms with Crippen molar-refractivity contribution in [3.8, 4) is 11.5 Å². The molecule has 2 rings (SSSR count). The van der Waals surface area contributed by atoms with E-state index in [1.165, 1.54) is 19.9 Å². The lowest BCUT2D eigenvalue weighted by Crippen LogP contribution is -2.21. The summed E-state index contributed by atoms with van der Waals surface area (Å²) >= 11 is 0. The molecule has 0 saturated heterocycles. The summed E-state index contributed by atoms with van der Waals surface area (Å²) in [6.45, 7) is 3.67. The second-order valence-corrected chi connectivity index (χ2v) is 4.99. The zero-order valence-electron chi connectivity index (χ0n) is 11.2. The Hall–Kier alpha value is -1.62. The zero-order valence-corrected chi connectivity index (χ0v) is 11.2. The van der Waals surface area contributed by atoms with Crippen LogP contribution in [0.2, 0.25) is 0 Å². The Morgan fingerprint density at radius 1 is 1.32 bits per heavy atom. The summed E-state index contributed by atoms with van der Waals surface area (Å²) in [5, 5.41) is 0. The fourth-order valence-corrected chi connectivity index (χ4v) is 2.04. The van der Waals surface area contributed by atoms with Gasteiger partial charge in [-0.1, -0.05) is 0 Å². The maximum atomic E-state index is 14.3. The van der Waals surface area contributed by atoms with Gasteiger partial charge in [-0.05, 0) is 26.0 Å². The van der Waals surface area contributed by atoms with Gasteiger partial charge < -0.3 is 15.2 Å². The number of ether oxygens (including phenoxy) is 2. The molecule has 0 radical (unpaired) electrons. The van der Waals surface area contributed by atoms with Crippen LogP contribution in [0.5, 0.6) is 11.5 Å². The average molecular weight is 267 g/mol. The molecule has 0 unspecified atom stereocenters. The van der Waals surface area contributed by atoms with Gasteiger partial charge in [-0.25, -0.2) is 4.39 Å². The van der Waals surface area contributed by atoms with E-state index in [4.69, 9.17) is 15.2 Å². The van der Waals surface area contributed by atoms with Crippen molar-refractivity contribution in [2.24, 2.45) is 5.73 Å². The number of carbonyl (C=O) groups excluding carboxylic acids is 1. The van der Waals surface area contributed by atoms with E-state index in [2.05, 4.69) is 0 Å². The van der Waals surface area contributed by atoms with Crippen molar-refractivity contribution in [3.63, 3.8) is 0 Å². The summed E-state index contributed by atoms with van der Waals surface area (Å²) in [5.74, 6) is 0.644. The predicted molar refractivity (Wildman–Crippen MR) is 69.6 cm³/mol. The summed E-state index contributed by atoms with van der Waals surface area (Å²) in [4.78, 5) is 11.9. The Bertz CT molecular complexity index is 494. The highest BCUT2D eigenvalue weighted by Gasteiger charge is 2.28. The van der Waals surface area contributed by atoms with Gasteiger partial charge in [0.25, 0.3) is 0 Å². The van der Waals surface area contributed by atoms with Gasteiger partial charge in [0.2, 0.25) is 0 Å². The van der Waals surface area contributed by atoms with Gasteiger partial charge in [0.1, 0.15) is 5.67 Å². The molecule has 19 heavy (non-hydrogen) atoms. The molecule has 1 aromatic carbocycles. The van der Waals surface area contributed by atoms with E-state index in [9.17, 15) is 9.18 Å². The summed E-state index contributed by atoms with van der Waals surface area (Å²) in [5.41, 5.74) is 4.28. The standard InChI is InChI=1S/C14H18FNO3/c1-14(2,15)10-7-13-12(18-4-3-5-19-13)6-9(10)11(17)8-16/h6-7H,3-5,8,16H2,1-2H3. The number of ketones is 1. The van der Waals surface area contributed by atoms with Gasteiger partial charge in [0, 0.05) is 17.5 Å². The van der Waals surface area contributed by atoms with Crippen LogP contribution in [-0.2, 0) is 5.67 Å². The third-order valence-corrected chi connectivity index (χ3v) is 3.01. The number of hydrogen-bond acceptors (Lipinski definition) is 4. The van der Waals surface area contributed by atoms with Crippen LogP contribution in [0.25, 0.3) is 0 Å². The van der Waals surface area contributed by atoms with E-state index in [0.29, 0.717) is 24.7 Å². The van der Waals surface area contributed by atoms with E-state index >= 15 is 0 Å². The monoisotopic (exact) mass is 267 g/mol. The van der Waals surface area contributed by atoms with E-state index in [1.807, 2.05) is 0 Å². The lowest BCUT2D eigenvalue weighted by molar-refractivity contribution is 0.0993. The molecule has 0 fully saturated rings. The number of fused-ring (bicyclic) bond motifs is 1. The third kappa shape index (κ3) is 2.87. The fourth-order valence-electron chi connectivity index (χ4n) is 2.04. The molecule has 104 valence electrons. The first kappa shape index (κ1) is 13.8. The Morgan fingerprint density at radius 2 is 1.89 bits per heavy atom. The van der Waals surface area contributed by atoms with Crippen molar-refractivity contribution in [2.45, 2.75) is 25.9 Å². The molecule has 1 aliphatic rings. The van der Waals surface area contributed by atoms with Crippen molar-refractivity contribution in [1.29, 1.82) is 0 Å². The van der Waals surface area contributed by atoms with Crippen LogP contribution in [0.1, 0.15) is 36.2 Å². The molecule has 2 N–H and O–H groups in total. The van der Waals surface area contributed by atoms with Crippen LogP contribution in [0.4, 0.5) is 4.39 Å². The van der Waals surface area contributed by atoms with Gasteiger partial charge in [-0.3, -0.25) is 4.79 Å². The van der Waals surface area contributed by atoms with E-state index in [0.717, 1.165) is 6.42 Å². The number of hydrogen-bond donors (Lipinski definition) is 1. The van der Waals surface area contributed by atoms with Crippen LogP contribution < -0.4 is 15.2 Å². The Morgan fingerprint density at radius 3 is 2.42 bits per heavy atom. The minimum Gasteiger partial charge on any atom is -0.490 e. The normalized spacial score (nSPS) is 14.9. The number of rotatable bonds is 3. The average Bonchev–Trinajstić information content (AvgIpc) is 2.59. The van der Waals surface area contributed by atoms with Crippen LogP contribution >= 0.6 is 0 Å². The summed E-state index contributed by atoms with van der Waals surface area (Å²) in [6.07, 6.45) is 0.753. The second kappa shape index (κ2) is 5.17. The van der Waals surface area contributed by atoms with Crippen molar-refractivity contribution in [3.05, 3.63) is 23.3 Å². The first-order valence-electron chi connectivity index (χ1n) is 6.30. The molecule has 0 bridgehead atoms. The SMILES string of the molecule is CC(C)(F)c1cc2c(cc1C(=O)CN)OCCCO2. The molecule has 0 atom stereocenters. The molecule has 1 aromatic rings. The Labute approximate surface area is 111 Å². The van der Waals surface area contributed by atoms with E-state index in [-0.39, 0.29) is 23.5 Å². The molecule has 0 saturated carbocycles. The smallest absolute Gasteiger partial charge is 0.176 e. The first-order valence-corrected chi connectivity index (χ1v) is 6.30. The zero-order chi connectivity index (χ0) is 14.0. The Kier molecular flexibility index (Phi) is 3.75. The lowest BCUT2D eigenvalue weighted by Gasteiger charge is -2.20. The lowest BCUT2D eigenvalue weighted by atomic mass is 9.91. The minimum absolute atomic E-state index is 0.164. The van der Waals surface area contributed by atoms with Crippen LogP contribution in [0.3, 0.4) is 0 Å². The second-order valence-electron chi connectivity index (χ2n) is 4.99. The van der Waals surface area contributed by atoms with Crippen LogP contribution in [-0.4, -0.2) is 25.5 Å². The number of carbonyl (C=O) groups is 1. The summed E-state index contributed by atoms with van der Waals surface area (Å²) in [7, 11) is 0. The molecular weight excluding hydrogens is 249 g/mol. The quantitative estimate of drug-likeness (QED) is 0.853. The predicted octanol–water partition coefficient (Wildman–Crippen LogP) is 2.19. The van der Waals surface area contributed by atoms with Gasteiger partial charge in [-0.2, -0.15) is 0 Å². The molecule has 1 heterocycles. The fraction of sp³-hybridized carbons (Fsp3) is 0.500.